The van der Waals surface area contributed by atoms with Crippen molar-refractivity contribution < 1.29 is 36.9 Å². The van der Waals surface area contributed by atoms with Gasteiger partial charge in [0.2, 0.25) is 5.95 Å². The Hall–Kier alpha value is -3.80. The van der Waals surface area contributed by atoms with Crippen molar-refractivity contribution in [2.24, 2.45) is 0 Å². The molecule has 1 amide bonds. The van der Waals surface area contributed by atoms with Gasteiger partial charge in [-0.2, -0.15) is 23.3 Å². The number of pyridine rings is 1. The fourth-order valence-corrected chi connectivity index (χ4v) is 7.46. The maximum atomic E-state index is 14.1. The van der Waals surface area contributed by atoms with Crippen LogP contribution in [0.4, 0.5) is 36.3 Å². The highest BCUT2D eigenvalue weighted by Gasteiger charge is 2.36. The van der Waals surface area contributed by atoms with Gasteiger partial charge in [-0.05, 0) is 50.1 Å². The van der Waals surface area contributed by atoms with E-state index in [9.17, 15) is 27.6 Å². The van der Waals surface area contributed by atoms with Gasteiger partial charge in [0.05, 0.1) is 49.2 Å². The lowest BCUT2D eigenvalue weighted by Gasteiger charge is -2.17. The van der Waals surface area contributed by atoms with Gasteiger partial charge < -0.3 is 30.3 Å². The largest absolute Gasteiger partial charge is 0.495 e. The monoisotopic (exact) mass is 788 g/mol. The summed E-state index contributed by atoms with van der Waals surface area (Å²) in [6.45, 7) is 4.16. The molecular formula is C29H33F3IN8O5P. The van der Waals surface area contributed by atoms with Gasteiger partial charge in [0.25, 0.3) is 10.9 Å². The quantitative estimate of drug-likeness (QED) is 0.0810. The SMILES string of the molecule is CCOP(=O)(I)Cc1ccc(Nc2ncc(C(F)(F)F)c(Nc3ccc(-c4cnn(CC[C@@H](C)O)c4)nc3C(=O)NC)n2)c(OC)c1. The molecule has 4 N–H and O–H groups in total. The van der Waals surface area contributed by atoms with Crippen LogP contribution >= 0.6 is 27.1 Å². The van der Waals surface area contributed by atoms with E-state index in [1.165, 1.54) is 32.5 Å². The molecule has 0 fully saturated rings. The number of methoxy groups -OCH3 is 1. The lowest BCUT2D eigenvalue weighted by molar-refractivity contribution is -0.137. The Balaban J connectivity index is 1.66. The maximum absolute atomic E-state index is 14.1. The second-order valence-corrected chi connectivity index (χ2v) is 16.4. The average Bonchev–Trinajstić information content (AvgIpc) is 3.49. The number of aromatic nitrogens is 5. The molecule has 1 unspecified atom stereocenters. The van der Waals surface area contributed by atoms with E-state index in [2.05, 4.69) is 36.0 Å². The highest BCUT2D eigenvalue weighted by molar-refractivity contribution is 14.2. The van der Waals surface area contributed by atoms with Gasteiger partial charge in [0.15, 0.2) is 5.69 Å². The molecule has 0 bridgehead atoms. The normalized spacial score (nSPS) is 13.5. The second-order valence-electron chi connectivity index (χ2n) is 10.2. The maximum Gasteiger partial charge on any atom is 0.421 e. The Morgan fingerprint density at radius 2 is 1.89 bits per heavy atom. The van der Waals surface area contributed by atoms with E-state index >= 15 is 0 Å². The van der Waals surface area contributed by atoms with E-state index in [1.54, 1.807) is 65.0 Å². The third-order valence-electron chi connectivity index (χ3n) is 6.60. The van der Waals surface area contributed by atoms with Crippen LogP contribution in [0.25, 0.3) is 11.3 Å². The van der Waals surface area contributed by atoms with Gasteiger partial charge in [-0.1, -0.05) is 6.07 Å². The van der Waals surface area contributed by atoms with Crippen LogP contribution in [0, 0.1) is 0 Å². The van der Waals surface area contributed by atoms with Crippen molar-refractivity contribution in [2.45, 2.75) is 45.3 Å². The number of anilines is 4. The van der Waals surface area contributed by atoms with Gasteiger partial charge in [-0.3, -0.25) is 14.0 Å². The number of ether oxygens (including phenoxy) is 1. The molecule has 47 heavy (non-hydrogen) atoms. The number of carbonyl (C=O) groups excluding carboxylic acids is 1. The predicted octanol–water partition coefficient (Wildman–Crippen LogP) is 6.54. The lowest BCUT2D eigenvalue weighted by Crippen LogP contribution is -2.21. The van der Waals surface area contributed by atoms with Crippen LogP contribution in [0.5, 0.6) is 5.75 Å². The van der Waals surface area contributed by atoms with Crippen LogP contribution in [0.2, 0.25) is 0 Å². The van der Waals surface area contributed by atoms with Crippen LogP contribution in [-0.4, -0.2) is 62.6 Å². The van der Waals surface area contributed by atoms with Crippen LogP contribution < -0.4 is 20.7 Å². The first kappa shape index (κ1) is 36.0. The first-order valence-corrected chi connectivity index (χ1v) is 18.8. The number of hydrogen-bond acceptors (Lipinski definition) is 11. The number of alkyl halides is 3. The third-order valence-corrected chi connectivity index (χ3v) is 9.84. The summed E-state index contributed by atoms with van der Waals surface area (Å²) in [5.41, 5.74) is 0.534. The number of nitrogens with zero attached hydrogens (tertiary/aromatic N) is 5. The van der Waals surface area contributed by atoms with E-state index in [0.29, 0.717) is 54.0 Å². The molecule has 13 nitrogen and oxygen atoms in total. The molecule has 4 rings (SSSR count). The molecule has 3 aromatic heterocycles. The van der Waals surface area contributed by atoms with Crippen molar-refractivity contribution in [3.8, 4) is 17.0 Å². The number of amides is 1. The van der Waals surface area contributed by atoms with E-state index in [0.717, 1.165) is 0 Å². The molecule has 0 aliphatic rings. The Morgan fingerprint density at radius 1 is 1.15 bits per heavy atom. The molecular weight excluding hydrogens is 755 g/mol. The Labute approximate surface area is 281 Å². The van der Waals surface area contributed by atoms with E-state index in [4.69, 9.17) is 9.26 Å². The number of aryl methyl sites for hydroxylation is 1. The summed E-state index contributed by atoms with van der Waals surface area (Å²) in [6, 6.07) is 7.87. The summed E-state index contributed by atoms with van der Waals surface area (Å²) in [5, 5.41) is 18.8. The number of benzene rings is 1. The minimum atomic E-state index is -4.84. The zero-order valence-electron chi connectivity index (χ0n) is 25.8. The van der Waals surface area contributed by atoms with Gasteiger partial charge in [0.1, 0.15) is 17.1 Å². The minimum absolute atomic E-state index is 0.0378. The van der Waals surface area contributed by atoms with Crippen molar-refractivity contribution in [1.29, 1.82) is 0 Å². The summed E-state index contributed by atoms with van der Waals surface area (Å²) in [4.78, 5) is 25.2. The Kier molecular flexibility index (Phi) is 11.8. The Bertz CT molecular complexity index is 1770. The summed E-state index contributed by atoms with van der Waals surface area (Å²) >= 11 is 1.79. The number of nitrogens with one attached hydrogen (secondary N) is 3. The number of hydrogen-bond donors (Lipinski definition) is 4. The van der Waals surface area contributed by atoms with Crippen LogP contribution in [0.3, 0.4) is 0 Å². The molecule has 0 spiro atoms. The van der Waals surface area contributed by atoms with E-state index in [1.807, 2.05) is 0 Å². The van der Waals surface area contributed by atoms with Gasteiger partial charge in [-0.25, -0.2) is 9.97 Å². The fraction of sp³-hybridized carbons (Fsp3) is 0.345. The van der Waals surface area contributed by atoms with E-state index < -0.39 is 34.6 Å². The molecule has 3 heterocycles. The van der Waals surface area contributed by atoms with Crippen molar-refractivity contribution in [3.63, 3.8) is 0 Å². The van der Waals surface area contributed by atoms with Crippen molar-refractivity contribution in [3.05, 3.63) is 65.7 Å². The first-order valence-electron chi connectivity index (χ1n) is 14.3. The standard InChI is InChI=1S/C29H33F3IN8O5P/c1-5-46-47(33,44)16-18-6-7-22(24(12-18)45-4)39-28-35-14-20(29(30,31)32)26(40-28)38-23-9-8-21(37-25(23)27(43)34-3)19-13-36-41(15-19)11-10-17(2)42/h6-9,12-15,17,42H,5,10-11,16H2,1-4H3,(H,34,43)(H2,35,38,39,40)/t17-,47?/m1/s1. The number of rotatable bonds is 14. The Morgan fingerprint density at radius 3 is 2.55 bits per heavy atom. The summed E-state index contributed by atoms with van der Waals surface area (Å²) in [7, 11) is 2.78. The zero-order valence-corrected chi connectivity index (χ0v) is 28.9. The molecule has 0 saturated carbocycles. The van der Waals surface area contributed by atoms with Crippen molar-refractivity contribution in [2.75, 3.05) is 31.4 Å². The third kappa shape index (κ3) is 9.62. The lowest BCUT2D eigenvalue weighted by atomic mass is 10.1. The fourth-order valence-electron chi connectivity index (χ4n) is 4.34. The molecule has 1 aromatic carbocycles. The number of aliphatic hydroxyl groups excluding tert-OH is 1. The molecule has 2 atom stereocenters. The zero-order chi connectivity index (χ0) is 34.4. The highest BCUT2D eigenvalue weighted by atomic mass is 127. The number of aliphatic hydroxyl groups is 1. The van der Waals surface area contributed by atoms with Crippen LogP contribution in [-0.2, 0) is 28.0 Å². The molecule has 252 valence electrons. The first-order chi connectivity index (χ1) is 22.2. The molecule has 0 radical (unpaired) electrons. The van der Waals surface area contributed by atoms with Crippen LogP contribution in [0.1, 0.15) is 41.9 Å². The topological polar surface area (TPSA) is 165 Å². The minimum Gasteiger partial charge on any atom is -0.495 e. The van der Waals surface area contributed by atoms with E-state index in [-0.39, 0.29) is 23.5 Å². The summed E-state index contributed by atoms with van der Waals surface area (Å²) < 4.78 is 67.3. The number of carbonyl (C=O) groups is 1. The van der Waals surface area contributed by atoms with Gasteiger partial charge in [-0.15, -0.1) is 0 Å². The van der Waals surface area contributed by atoms with Crippen molar-refractivity contribution >= 4 is 56.1 Å². The molecule has 0 aliphatic heterocycles. The average molecular weight is 789 g/mol. The van der Waals surface area contributed by atoms with Gasteiger partial charge in [0, 0.05) is 53.6 Å². The molecule has 18 heteroatoms. The second kappa shape index (κ2) is 15.4. The molecule has 0 aliphatic carbocycles. The number of halogens is 4. The van der Waals surface area contributed by atoms with Crippen molar-refractivity contribution in [1.82, 2.24) is 30.0 Å². The summed E-state index contributed by atoms with van der Waals surface area (Å²) in [5.74, 6) is -1.17. The molecule has 4 aromatic rings. The van der Waals surface area contributed by atoms with Crippen LogP contribution in [0.15, 0.2) is 48.9 Å². The smallest absolute Gasteiger partial charge is 0.421 e. The predicted molar refractivity (Wildman–Crippen MR) is 179 cm³/mol. The van der Waals surface area contributed by atoms with Gasteiger partial charge >= 0.3 is 6.18 Å². The highest BCUT2D eigenvalue weighted by Crippen LogP contribution is 2.58. The molecule has 0 saturated heterocycles. The summed E-state index contributed by atoms with van der Waals surface area (Å²) in [6.07, 6.45) is -0.876.